The van der Waals surface area contributed by atoms with Crippen molar-refractivity contribution in [2.24, 2.45) is 0 Å². The molecular weight excluding hydrogens is 218 g/mol. The van der Waals surface area contributed by atoms with E-state index < -0.39 is 6.10 Å². The fourth-order valence-electron chi connectivity index (χ4n) is 2.11. The third-order valence-corrected chi connectivity index (χ3v) is 3.12. The first-order valence-electron chi connectivity index (χ1n) is 5.63. The molecular formula is C12H17N3O2. The van der Waals surface area contributed by atoms with Crippen molar-refractivity contribution in [3.63, 3.8) is 0 Å². The van der Waals surface area contributed by atoms with Crippen molar-refractivity contribution < 1.29 is 9.90 Å². The highest BCUT2D eigenvalue weighted by atomic mass is 16.3. The van der Waals surface area contributed by atoms with E-state index in [1.54, 1.807) is 29.4 Å². The number of β-amino-alcohol motifs (C(OH)–C–C–N with tert-alkyl or cyclic N) is 1. The molecule has 0 spiro atoms. The maximum Gasteiger partial charge on any atom is 0.255 e. The third kappa shape index (κ3) is 2.45. The Morgan fingerprint density at radius 3 is 2.82 bits per heavy atom. The summed E-state index contributed by atoms with van der Waals surface area (Å²) in [4.78, 5) is 19.7. The monoisotopic (exact) mass is 235 g/mol. The fraction of sp³-hybridized carbons (Fsp3) is 0.500. The van der Waals surface area contributed by atoms with Crippen molar-refractivity contribution in [1.29, 1.82) is 0 Å². The number of aliphatic hydroxyl groups is 1. The number of likely N-dealkylation sites (tertiary alicyclic amines) is 1. The molecule has 0 aliphatic carbocycles. The minimum atomic E-state index is -0.481. The van der Waals surface area contributed by atoms with E-state index in [1.807, 2.05) is 19.0 Å². The lowest BCUT2D eigenvalue weighted by Gasteiger charge is -2.21. The standard InChI is InChI=1S/C12H17N3O2/c1-14(2)10-7-15(8-11(10)16)12(17)9-4-3-5-13-6-9/h3-6,10-11,16H,7-8H2,1-2H3/t10-,11-/m1/s1. The van der Waals surface area contributed by atoms with Crippen LogP contribution in [0.5, 0.6) is 0 Å². The van der Waals surface area contributed by atoms with Gasteiger partial charge < -0.3 is 14.9 Å². The number of amides is 1. The Bertz CT molecular complexity index is 394. The van der Waals surface area contributed by atoms with Gasteiger partial charge in [0.1, 0.15) is 0 Å². The molecule has 2 rings (SSSR count). The molecule has 0 bridgehead atoms. The zero-order chi connectivity index (χ0) is 12.4. The number of aromatic nitrogens is 1. The molecule has 1 fully saturated rings. The molecule has 1 saturated heterocycles. The van der Waals surface area contributed by atoms with Gasteiger partial charge in [-0.1, -0.05) is 0 Å². The number of rotatable bonds is 2. The Kier molecular flexibility index (Phi) is 3.40. The average molecular weight is 235 g/mol. The Hall–Kier alpha value is -1.46. The Morgan fingerprint density at radius 2 is 2.29 bits per heavy atom. The number of carbonyl (C=O) groups excluding carboxylic acids is 1. The highest BCUT2D eigenvalue weighted by molar-refractivity contribution is 5.94. The van der Waals surface area contributed by atoms with E-state index in [9.17, 15) is 9.90 Å². The molecule has 2 atom stereocenters. The second-order valence-electron chi connectivity index (χ2n) is 4.55. The van der Waals surface area contributed by atoms with Crippen LogP contribution in [-0.2, 0) is 0 Å². The van der Waals surface area contributed by atoms with Crippen molar-refractivity contribution in [2.45, 2.75) is 12.1 Å². The highest BCUT2D eigenvalue weighted by Gasteiger charge is 2.35. The summed E-state index contributed by atoms with van der Waals surface area (Å²) in [5.41, 5.74) is 0.569. The first-order valence-corrected chi connectivity index (χ1v) is 5.63. The molecule has 92 valence electrons. The number of likely N-dealkylation sites (N-methyl/N-ethyl adjacent to an activating group) is 1. The number of nitrogens with zero attached hydrogens (tertiary/aromatic N) is 3. The largest absolute Gasteiger partial charge is 0.390 e. The molecule has 0 aromatic carbocycles. The van der Waals surface area contributed by atoms with Crippen LogP contribution < -0.4 is 0 Å². The number of carbonyl (C=O) groups is 1. The summed E-state index contributed by atoms with van der Waals surface area (Å²) >= 11 is 0. The summed E-state index contributed by atoms with van der Waals surface area (Å²) in [5, 5.41) is 9.87. The normalized spacial score (nSPS) is 24.4. The quantitative estimate of drug-likeness (QED) is 0.773. The van der Waals surface area contributed by atoms with Crippen LogP contribution in [0.15, 0.2) is 24.5 Å². The smallest absolute Gasteiger partial charge is 0.255 e. The molecule has 1 N–H and O–H groups in total. The van der Waals surface area contributed by atoms with Gasteiger partial charge in [0.05, 0.1) is 17.7 Å². The lowest BCUT2D eigenvalue weighted by atomic mass is 10.2. The van der Waals surface area contributed by atoms with Gasteiger partial charge in [-0.25, -0.2) is 0 Å². The van der Waals surface area contributed by atoms with E-state index in [0.717, 1.165) is 0 Å². The van der Waals surface area contributed by atoms with Gasteiger partial charge in [0.2, 0.25) is 0 Å². The highest BCUT2D eigenvalue weighted by Crippen LogP contribution is 2.16. The van der Waals surface area contributed by atoms with Crippen LogP contribution in [0, 0.1) is 0 Å². The molecule has 17 heavy (non-hydrogen) atoms. The van der Waals surface area contributed by atoms with Crippen molar-refractivity contribution in [2.75, 3.05) is 27.2 Å². The summed E-state index contributed by atoms with van der Waals surface area (Å²) in [6.45, 7) is 0.943. The van der Waals surface area contributed by atoms with Crippen LogP contribution in [0.2, 0.25) is 0 Å². The van der Waals surface area contributed by atoms with Crippen LogP contribution in [0.3, 0.4) is 0 Å². The van der Waals surface area contributed by atoms with E-state index >= 15 is 0 Å². The summed E-state index contributed by atoms with van der Waals surface area (Å²) in [6.07, 6.45) is 2.71. The summed E-state index contributed by atoms with van der Waals surface area (Å²) in [6, 6.07) is 3.49. The first kappa shape index (κ1) is 12.0. The Morgan fingerprint density at radius 1 is 1.53 bits per heavy atom. The average Bonchev–Trinajstić information content (AvgIpc) is 2.71. The topological polar surface area (TPSA) is 56.7 Å². The van der Waals surface area contributed by atoms with Gasteiger partial charge in [0.25, 0.3) is 5.91 Å². The molecule has 0 saturated carbocycles. The Labute approximate surface area is 101 Å². The third-order valence-electron chi connectivity index (χ3n) is 3.12. The maximum atomic E-state index is 12.1. The summed E-state index contributed by atoms with van der Waals surface area (Å²) in [7, 11) is 3.82. The van der Waals surface area contributed by atoms with Gasteiger partial charge >= 0.3 is 0 Å². The minimum absolute atomic E-state index is 0.00983. The Balaban J connectivity index is 2.08. The van der Waals surface area contributed by atoms with Crippen LogP contribution >= 0.6 is 0 Å². The zero-order valence-corrected chi connectivity index (χ0v) is 10.1. The van der Waals surface area contributed by atoms with Crippen LogP contribution in [0.25, 0.3) is 0 Å². The van der Waals surface area contributed by atoms with Crippen molar-refractivity contribution in [3.05, 3.63) is 30.1 Å². The molecule has 0 unspecified atom stereocenters. The summed E-state index contributed by atoms with van der Waals surface area (Å²) in [5.74, 6) is -0.0681. The SMILES string of the molecule is CN(C)[C@@H]1CN(C(=O)c2cccnc2)C[C@H]1O. The van der Waals surface area contributed by atoms with Gasteiger partial charge in [0.15, 0.2) is 0 Å². The van der Waals surface area contributed by atoms with Gasteiger partial charge in [-0.3, -0.25) is 9.78 Å². The number of hydrogen-bond acceptors (Lipinski definition) is 4. The molecule has 0 radical (unpaired) electrons. The maximum absolute atomic E-state index is 12.1. The van der Waals surface area contributed by atoms with Crippen LogP contribution in [0.4, 0.5) is 0 Å². The van der Waals surface area contributed by atoms with Crippen LogP contribution in [-0.4, -0.2) is 65.1 Å². The van der Waals surface area contributed by atoms with E-state index in [1.165, 1.54) is 0 Å². The molecule has 1 aromatic heterocycles. The van der Waals surface area contributed by atoms with Gasteiger partial charge in [-0.2, -0.15) is 0 Å². The van der Waals surface area contributed by atoms with Crippen LogP contribution in [0.1, 0.15) is 10.4 Å². The van der Waals surface area contributed by atoms with Gasteiger partial charge in [-0.05, 0) is 26.2 Å². The summed E-state index contributed by atoms with van der Waals surface area (Å²) < 4.78 is 0. The van der Waals surface area contributed by atoms with Crippen molar-refractivity contribution in [3.8, 4) is 0 Å². The minimum Gasteiger partial charge on any atom is -0.390 e. The second-order valence-corrected chi connectivity index (χ2v) is 4.55. The molecule has 1 aliphatic heterocycles. The lowest BCUT2D eigenvalue weighted by molar-refractivity contribution is 0.0763. The molecule has 2 heterocycles. The van der Waals surface area contributed by atoms with Crippen molar-refractivity contribution >= 4 is 5.91 Å². The van der Waals surface area contributed by atoms with E-state index in [2.05, 4.69) is 4.98 Å². The van der Waals surface area contributed by atoms with Crippen molar-refractivity contribution in [1.82, 2.24) is 14.8 Å². The predicted octanol–water partition coefficient (Wildman–Crippen LogP) is -0.172. The predicted molar refractivity (Wildman–Crippen MR) is 63.6 cm³/mol. The lowest BCUT2D eigenvalue weighted by Crippen LogP contribution is -2.38. The first-order chi connectivity index (χ1) is 8.09. The van der Waals surface area contributed by atoms with Gasteiger partial charge in [-0.15, -0.1) is 0 Å². The fourth-order valence-corrected chi connectivity index (χ4v) is 2.11. The molecule has 5 heteroatoms. The second kappa shape index (κ2) is 4.81. The molecule has 5 nitrogen and oxygen atoms in total. The number of aliphatic hydroxyl groups excluding tert-OH is 1. The van der Waals surface area contributed by atoms with E-state index in [-0.39, 0.29) is 11.9 Å². The number of pyridine rings is 1. The van der Waals surface area contributed by atoms with E-state index in [0.29, 0.717) is 18.7 Å². The number of hydrogen-bond donors (Lipinski definition) is 1. The molecule has 1 aliphatic rings. The van der Waals surface area contributed by atoms with E-state index in [4.69, 9.17) is 0 Å². The van der Waals surface area contributed by atoms with Gasteiger partial charge in [0, 0.05) is 25.5 Å². The molecule has 1 amide bonds. The molecule has 1 aromatic rings. The zero-order valence-electron chi connectivity index (χ0n) is 10.1.